The van der Waals surface area contributed by atoms with E-state index in [-0.39, 0.29) is 17.8 Å². The Balaban J connectivity index is 1.84. The van der Waals surface area contributed by atoms with Crippen molar-refractivity contribution in [1.82, 2.24) is 9.97 Å². The first-order valence-corrected chi connectivity index (χ1v) is 10.1. The van der Waals surface area contributed by atoms with E-state index in [1.54, 1.807) is 31.5 Å². The summed E-state index contributed by atoms with van der Waals surface area (Å²) in [6.45, 7) is 4.15. The Hall–Kier alpha value is -3.26. The molecule has 0 spiro atoms. The first-order valence-electron chi connectivity index (χ1n) is 9.28. The molecule has 1 amide bonds. The highest BCUT2D eigenvalue weighted by atomic mass is 32.1. The molecule has 0 radical (unpaired) electrons. The van der Waals surface area contributed by atoms with Gasteiger partial charge in [-0.2, -0.15) is 0 Å². The lowest BCUT2D eigenvalue weighted by atomic mass is 9.96. The molecule has 0 bridgehead atoms. The third-order valence-corrected chi connectivity index (χ3v) is 5.71. The van der Waals surface area contributed by atoms with Gasteiger partial charge >= 0.3 is 0 Å². The summed E-state index contributed by atoms with van der Waals surface area (Å²) < 4.78 is 6.38. The minimum atomic E-state index is -0.768. The lowest BCUT2D eigenvalue weighted by Gasteiger charge is -2.23. The Morgan fingerprint density at radius 2 is 2.14 bits per heavy atom. The Kier molecular flexibility index (Phi) is 5.02. The maximum absolute atomic E-state index is 13.0. The monoisotopic (exact) mass is 409 g/mol. The van der Waals surface area contributed by atoms with Crippen molar-refractivity contribution in [3.05, 3.63) is 59.6 Å². The van der Waals surface area contributed by atoms with Gasteiger partial charge < -0.3 is 9.84 Å². The molecule has 148 valence electrons. The van der Waals surface area contributed by atoms with Gasteiger partial charge in [0.2, 0.25) is 0 Å². The highest BCUT2D eigenvalue weighted by molar-refractivity contribution is 7.22. The molecule has 0 saturated carbocycles. The average Bonchev–Trinajstić information content (AvgIpc) is 3.26. The molecule has 1 aromatic carbocycles. The molecule has 1 aliphatic heterocycles. The van der Waals surface area contributed by atoms with E-state index in [1.807, 2.05) is 25.1 Å². The Bertz CT molecular complexity index is 1120. The molecule has 1 atom stereocenters. The number of pyridine rings is 1. The summed E-state index contributed by atoms with van der Waals surface area (Å²) in [6, 6.07) is 8.25. The van der Waals surface area contributed by atoms with E-state index in [2.05, 4.69) is 9.97 Å². The van der Waals surface area contributed by atoms with Gasteiger partial charge in [0.15, 0.2) is 16.7 Å². The van der Waals surface area contributed by atoms with Crippen LogP contribution in [0, 0.1) is 0 Å². The number of aliphatic hydroxyl groups excluding tert-OH is 1. The number of amides is 1. The van der Waals surface area contributed by atoms with Crippen molar-refractivity contribution in [1.29, 1.82) is 0 Å². The zero-order valence-corrected chi connectivity index (χ0v) is 16.8. The number of aromatic nitrogens is 2. The highest BCUT2D eigenvalue weighted by Crippen LogP contribution is 2.43. The van der Waals surface area contributed by atoms with E-state index >= 15 is 0 Å². The van der Waals surface area contributed by atoms with Crippen LogP contribution in [0.1, 0.15) is 31.9 Å². The molecule has 2 aromatic heterocycles. The van der Waals surface area contributed by atoms with E-state index in [4.69, 9.17) is 4.74 Å². The van der Waals surface area contributed by atoms with Gasteiger partial charge in [0.1, 0.15) is 5.75 Å². The average molecular weight is 409 g/mol. The third kappa shape index (κ3) is 3.25. The fourth-order valence-electron chi connectivity index (χ4n) is 3.38. The zero-order chi connectivity index (χ0) is 20.5. The maximum atomic E-state index is 13.0. The normalized spacial score (nSPS) is 16.7. The van der Waals surface area contributed by atoms with E-state index in [9.17, 15) is 14.7 Å². The molecule has 4 rings (SSSR count). The molecule has 29 heavy (non-hydrogen) atoms. The third-order valence-electron chi connectivity index (χ3n) is 4.70. The standard InChI is InChI=1S/C21H19N3O4S/c1-3-15(25)17-18(12-6-5-9-22-11-12)24(20(27)19(17)26)21-23-14-8-7-13(28-4-2)10-16(14)29-21/h5-11,18,26H,3-4H2,1-2H3. The van der Waals surface area contributed by atoms with Gasteiger partial charge in [-0.05, 0) is 36.8 Å². The van der Waals surface area contributed by atoms with Crippen LogP contribution in [-0.2, 0) is 9.59 Å². The predicted octanol–water partition coefficient (Wildman–Crippen LogP) is 3.97. The summed E-state index contributed by atoms with van der Waals surface area (Å²) in [6.07, 6.45) is 3.38. The minimum Gasteiger partial charge on any atom is -0.503 e. The van der Waals surface area contributed by atoms with Crippen LogP contribution in [0.5, 0.6) is 5.75 Å². The Labute approximate surface area is 171 Å². The fraction of sp³-hybridized carbons (Fsp3) is 0.238. The SMILES string of the molecule is CCOc1ccc2nc(N3C(=O)C(O)=C(C(=O)CC)C3c3cccnc3)sc2c1. The lowest BCUT2D eigenvalue weighted by Crippen LogP contribution is -2.30. The summed E-state index contributed by atoms with van der Waals surface area (Å²) in [7, 11) is 0. The summed E-state index contributed by atoms with van der Waals surface area (Å²) >= 11 is 1.30. The summed E-state index contributed by atoms with van der Waals surface area (Å²) in [5.41, 5.74) is 1.43. The van der Waals surface area contributed by atoms with Crippen molar-refractivity contribution in [2.24, 2.45) is 0 Å². The van der Waals surface area contributed by atoms with Crippen molar-refractivity contribution in [2.45, 2.75) is 26.3 Å². The lowest BCUT2D eigenvalue weighted by molar-refractivity contribution is -0.118. The molecule has 3 aromatic rings. The summed E-state index contributed by atoms with van der Waals surface area (Å²) in [5.74, 6) is -0.735. The molecule has 1 unspecified atom stereocenters. The number of Topliss-reactive ketones (excluding diaryl/α,β-unsaturated/α-hetero) is 1. The molecular weight excluding hydrogens is 390 g/mol. The van der Waals surface area contributed by atoms with Crippen LogP contribution in [0.3, 0.4) is 0 Å². The second-order valence-corrected chi connectivity index (χ2v) is 7.47. The number of carbonyl (C=O) groups excluding carboxylic acids is 2. The number of hydrogen-bond acceptors (Lipinski definition) is 7. The smallest absolute Gasteiger partial charge is 0.296 e. The van der Waals surface area contributed by atoms with Gasteiger partial charge in [-0.3, -0.25) is 19.5 Å². The van der Waals surface area contributed by atoms with Gasteiger partial charge in [0.05, 0.1) is 28.4 Å². The van der Waals surface area contributed by atoms with Crippen LogP contribution < -0.4 is 9.64 Å². The molecule has 0 aliphatic carbocycles. The van der Waals surface area contributed by atoms with Crippen molar-refractivity contribution >= 4 is 38.4 Å². The fourth-order valence-corrected chi connectivity index (χ4v) is 4.40. The quantitative estimate of drug-likeness (QED) is 0.662. The van der Waals surface area contributed by atoms with Gasteiger partial charge in [-0.1, -0.05) is 24.3 Å². The van der Waals surface area contributed by atoms with Crippen LogP contribution in [0.25, 0.3) is 10.2 Å². The number of anilines is 1. The van der Waals surface area contributed by atoms with Gasteiger partial charge in [0, 0.05) is 18.8 Å². The molecule has 0 saturated heterocycles. The summed E-state index contributed by atoms with van der Waals surface area (Å²) in [4.78, 5) is 35.6. The largest absolute Gasteiger partial charge is 0.503 e. The molecule has 7 nitrogen and oxygen atoms in total. The van der Waals surface area contributed by atoms with Gasteiger partial charge in [-0.25, -0.2) is 4.98 Å². The zero-order valence-electron chi connectivity index (χ0n) is 16.0. The van der Waals surface area contributed by atoms with Gasteiger partial charge in [-0.15, -0.1) is 0 Å². The minimum absolute atomic E-state index is 0.0831. The molecule has 8 heteroatoms. The van der Waals surface area contributed by atoms with Crippen molar-refractivity contribution in [2.75, 3.05) is 11.5 Å². The first-order chi connectivity index (χ1) is 14.0. The molecule has 1 N–H and O–H groups in total. The number of ketones is 1. The second kappa shape index (κ2) is 7.63. The van der Waals surface area contributed by atoms with E-state index in [1.165, 1.54) is 16.2 Å². The van der Waals surface area contributed by atoms with E-state index < -0.39 is 17.7 Å². The molecule has 3 heterocycles. The van der Waals surface area contributed by atoms with Crippen LogP contribution in [0.2, 0.25) is 0 Å². The van der Waals surface area contributed by atoms with E-state index in [0.29, 0.717) is 22.8 Å². The van der Waals surface area contributed by atoms with Crippen LogP contribution in [-0.4, -0.2) is 33.4 Å². The highest BCUT2D eigenvalue weighted by Gasteiger charge is 2.45. The number of fused-ring (bicyclic) bond motifs is 1. The number of aliphatic hydroxyl groups is 1. The summed E-state index contributed by atoms with van der Waals surface area (Å²) in [5, 5.41) is 10.9. The Morgan fingerprint density at radius 1 is 1.31 bits per heavy atom. The number of thiazole rings is 1. The number of benzene rings is 1. The van der Waals surface area contributed by atoms with Crippen LogP contribution in [0.4, 0.5) is 5.13 Å². The van der Waals surface area contributed by atoms with Crippen LogP contribution >= 0.6 is 11.3 Å². The van der Waals surface area contributed by atoms with Crippen LogP contribution in [0.15, 0.2) is 54.1 Å². The number of hydrogen-bond donors (Lipinski definition) is 1. The molecular formula is C21H19N3O4S. The topological polar surface area (TPSA) is 92.6 Å². The number of nitrogens with zero attached hydrogens (tertiary/aromatic N) is 3. The van der Waals surface area contributed by atoms with Gasteiger partial charge in [0.25, 0.3) is 5.91 Å². The second-order valence-electron chi connectivity index (χ2n) is 6.46. The van der Waals surface area contributed by atoms with Crippen molar-refractivity contribution in [3.63, 3.8) is 0 Å². The van der Waals surface area contributed by atoms with Crippen molar-refractivity contribution < 1.29 is 19.4 Å². The number of rotatable bonds is 6. The number of carbonyl (C=O) groups is 2. The number of ether oxygens (including phenoxy) is 1. The van der Waals surface area contributed by atoms with E-state index in [0.717, 1.165) is 10.4 Å². The first kappa shape index (κ1) is 19.1. The molecule has 0 fully saturated rings. The van der Waals surface area contributed by atoms with Crippen molar-refractivity contribution in [3.8, 4) is 5.75 Å². The predicted molar refractivity (Wildman–Crippen MR) is 110 cm³/mol. The maximum Gasteiger partial charge on any atom is 0.296 e. The molecule has 1 aliphatic rings. The Morgan fingerprint density at radius 3 is 2.83 bits per heavy atom.